The lowest BCUT2D eigenvalue weighted by Crippen LogP contribution is -2.29. The Morgan fingerprint density at radius 2 is 1.81 bits per heavy atom. The Balaban J connectivity index is 1.95. The van der Waals surface area contributed by atoms with Crippen molar-refractivity contribution < 1.29 is 17.6 Å². The van der Waals surface area contributed by atoms with Crippen molar-refractivity contribution in [1.82, 2.24) is 9.62 Å². The molecule has 8 heteroatoms. The van der Waals surface area contributed by atoms with Crippen LogP contribution in [-0.4, -0.2) is 31.7 Å². The van der Waals surface area contributed by atoms with Crippen molar-refractivity contribution in [2.45, 2.75) is 24.6 Å². The molecule has 140 valence electrons. The van der Waals surface area contributed by atoms with Gasteiger partial charge in [0.05, 0.1) is 6.54 Å². The largest absolute Gasteiger partial charge is 0.348 e. The lowest BCUT2D eigenvalue weighted by Gasteiger charge is -2.16. The topological polar surface area (TPSA) is 66.5 Å². The van der Waals surface area contributed by atoms with E-state index in [1.807, 2.05) is 0 Å². The highest BCUT2D eigenvalue weighted by Crippen LogP contribution is 2.24. The molecule has 0 aliphatic carbocycles. The fraction of sp³-hybridized carbons (Fsp3) is 0.278. The van der Waals surface area contributed by atoms with E-state index in [1.165, 1.54) is 22.5 Å². The van der Waals surface area contributed by atoms with E-state index < -0.39 is 10.0 Å². The Morgan fingerprint density at radius 3 is 2.42 bits per heavy atom. The van der Waals surface area contributed by atoms with E-state index in [0.29, 0.717) is 18.7 Å². The van der Waals surface area contributed by atoms with E-state index >= 15 is 0 Å². The van der Waals surface area contributed by atoms with Gasteiger partial charge in [0, 0.05) is 24.0 Å². The summed E-state index contributed by atoms with van der Waals surface area (Å²) in [6.07, 6.45) is 2.94. The van der Waals surface area contributed by atoms with Crippen molar-refractivity contribution in [1.29, 1.82) is 0 Å². The number of carbonyl (C=O) groups is 1. The van der Waals surface area contributed by atoms with Crippen LogP contribution < -0.4 is 5.32 Å². The quantitative estimate of drug-likeness (QED) is 0.697. The molecule has 0 aliphatic rings. The second kappa shape index (κ2) is 9.07. The number of sulfonamides is 1. The summed E-state index contributed by atoms with van der Waals surface area (Å²) in [5, 5.41) is 2.70. The minimum absolute atomic E-state index is 0.241. The molecule has 2 rings (SSSR count). The fourth-order valence-electron chi connectivity index (χ4n) is 2.26. The van der Waals surface area contributed by atoms with E-state index in [1.54, 1.807) is 44.2 Å². The Labute approximate surface area is 157 Å². The zero-order valence-electron chi connectivity index (χ0n) is 14.6. The maximum absolute atomic E-state index is 12.8. The predicted molar refractivity (Wildman–Crippen MR) is 102 cm³/mol. The van der Waals surface area contributed by atoms with Gasteiger partial charge in [0.15, 0.2) is 0 Å². The van der Waals surface area contributed by atoms with Crippen LogP contribution in [0.25, 0.3) is 6.08 Å². The number of hydrogen-bond acceptors (Lipinski definition) is 4. The summed E-state index contributed by atoms with van der Waals surface area (Å²) in [6.45, 7) is 4.66. The van der Waals surface area contributed by atoms with Gasteiger partial charge in [-0.3, -0.25) is 4.79 Å². The number of nitrogens with one attached hydrogen (secondary N) is 1. The number of rotatable bonds is 8. The van der Waals surface area contributed by atoms with Crippen LogP contribution in [0.3, 0.4) is 0 Å². The molecule has 0 unspecified atom stereocenters. The molecule has 2 aromatic rings. The Hall–Kier alpha value is -2.03. The third-order valence-electron chi connectivity index (χ3n) is 3.67. The van der Waals surface area contributed by atoms with Crippen LogP contribution >= 0.6 is 11.3 Å². The zero-order valence-corrected chi connectivity index (χ0v) is 16.2. The molecule has 1 heterocycles. The Morgan fingerprint density at radius 1 is 1.15 bits per heavy atom. The fourth-order valence-corrected chi connectivity index (χ4v) is 5.17. The van der Waals surface area contributed by atoms with E-state index in [-0.39, 0.29) is 22.5 Å². The van der Waals surface area contributed by atoms with Crippen molar-refractivity contribution in [3.63, 3.8) is 0 Å². The average molecular weight is 397 g/mol. The molecular weight excluding hydrogens is 375 g/mol. The van der Waals surface area contributed by atoms with Crippen LogP contribution in [0, 0.1) is 5.82 Å². The molecule has 0 radical (unpaired) electrons. The second-order valence-corrected chi connectivity index (χ2v) is 8.75. The molecule has 0 aliphatic heterocycles. The summed E-state index contributed by atoms with van der Waals surface area (Å²) in [4.78, 5) is 12.6. The Kier molecular flexibility index (Phi) is 7.07. The number of amides is 1. The molecule has 0 atom stereocenters. The molecule has 5 nitrogen and oxygen atoms in total. The molecule has 0 saturated carbocycles. The van der Waals surface area contributed by atoms with Crippen molar-refractivity contribution in [3.05, 3.63) is 58.7 Å². The van der Waals surface area contributed by atoms with Crippen LogP contribution in [0.5, 0.6) is 0 Å². The minimum Gasteiger partial charge on any atom is -0.348 e. The summed E-state index contributed by atoms with van der Waals surface area (Å²) < 4.78 is 39.4. The first-order valence-electron chi connectivity index (χ1n) is 8.17. The molecular formula is C18H21FN2O3S2. The van der Waals surface area contributed by atoms with Crippen LogP contribution in [0.2, 0.25) is 0 Å². The van der Waals surface area contributed by atoms with Gasteiger partial charge in [-0.15, -0.1) is 11.3 Å². The molecule has 1 N–H and O–H groups in total. The number of thiophene rings is 1. The standard InChI is InChI=1S/C18H21FN2O3S2/c1-3-21(4-2)26(23,24)18-12-10-16(25-18)13-20-17(22)11-7-14-5-8-15(19)9-6-14/h5-12H,3-4,13H2,1-2H3,(H,20,22)/b11-7+. The van der Waals surface area contributed by atoms with Gasteiger partial charge < -0.3 is 5.32 Å². The molecule has 0 saturated heterocycles. The third-order valence-corrected chi connectivity index (χ3v) is 7.27. The maximum atomic E-state index is 12.8. The van der Waals surface area contributed by atoms with Gasteiger partial charge in [-0.05, 0) is 35.9 Å². The molecule has 1 aromatic heterocycles. The first-order chi connectivity index (χ1) is 12.4. The van der Waals surface area contributed by atoms with Gasteiger partial charge in [0.2, 0.25) is 5.91 Å². The van der Waals surface area contributed by atoms with Gasteiger partial charge in [0.25, 0.3) is 10.0 Å². The molecule has 0 bridgehead atoms. The third kappa shape index (κ3) is 5.23. The summed E-state index contributed by atoms with van der Waals surface area (Å²) in [7, 11) is -3.47. The smallest absolute Gasteiger partial charge is 0.252 e. The highest BCUT2D eigenvalue weighted by molar-refractivity contribution is 7.91. The van der Waals surface area contributed by atoms with Crippen LogP contribution in [-0.2, 0) is 21.4 Å². The summed E-state index contributed by atoms with van der Waals surface area (Å²) >= 11 is 1.15. The molecule has 0 fully saturated rings. The first-order valence-corrected chi connectivity index (χ1v) is 10.4. The number of carbonyl (C=O) groups excluding carboxylic acids is 1. The van der Waals surface area contributed by atoms with Gasteiger partial charge in [-0.25, -0.2) is 12.8 Å². The summed E-state index contributed by atoms with van der Waals surface area (Å²) in [5.41, 5.74) is 0.713. The van der Waals surface area contributed by atoms with E-state index in [9.17, 15) is 17.6 Å². The normalized spacial score (nSPS) is 12.0. The van der Waals surface area contributed by atoms with Crippen molar-refractivity contribution in [3.8, 4) is 0 Å². The zero-order chi connectivity index (χ0) is 19.2. The minimum atomic E-state index is -3.47. The monoisotopic (exact) mass is 396 g/mol. The number of nitrogens with zero attached hydrogens (tertiary/aromatic N) is 1. The van der Waals surface area contributed by atoms with Crippen molar-refractivity contribution in [2.75, 3.05) is 13.1 Å². The van der Waals surface area contributed by atoms with Gasteiger partial charge in [0.1, 0.15) is 10.0 Å². The number of hydrogen-bond donors (Lipinski definition) is 1. The van der Waals surface area contributed by atoms with Gasteiger partial charge in [-0.1, -0.05) is 26.0 Å². The predicted octanol–water partition coefficient (Wildman–Crippen LogP) is 3.25. The molecule has 1 aromatic carbocycles. The molecule has 26 heavy (non-hydrogen) atoms. The van der Waals surface area contributed by atoms with E-state index in [0.717, 1.165) is 16.2 Å². The van der Waals surface area contributed by atoms with E-state index in [2.05, 4.69) is 5.32 Å². The van der Waals surface area contributed by atoms with Crippen LogP contribution in [0.1, 0.15) is 24.3 Å². The maximum Gasteiger partial charge on any atom is 0.252 e. The summed E-state index contributed by atoms with van der Waals surface area (Å²) in [6, 6.07) is 9.05. The van der Waals surface area contributed by atoms with E-state index in [4.69, 9.17) is 0 Å². The lowest BCUT2D eigenvalue weighted by molar-refractivity contribution is -0.116. The first kappa shape index (κ1) is 20.3. The SMILES string of the molecule is CCN(CC)S(=O)(=O)c1ccc(CNC(=O)/C=C/c2ccc(F)cc2)s1. The van der Waals surface area contributed by atoms with Crippen LogP contribution in [0.15, 0.2) is 46.7 Å². The average Bonchev–Trinajstić information content (AvgIpc) is 3.10. The summed E-state index contributed by atoms with van der Waals surface area (Å²) in [5.74, 6) is -0.643. The number of benzene rings is 1. The highest BCUT2D eigenvalue weighted by atomic mass is 32.2. The van der Waals surface area contributed by atoms with Gasteiger partial charge in [-0.2, -0.15) is 4.31 Å². The van der Waals surface area contributed by atoms with Crippen molar-refractivity contribution >= 4 is 33.3 Å². The Bertz CT molecular complexity index is 870. The molecule has 1 amide bonds. The van der Waals surface area contributed by atoms with Crippen molar-refractivity contribution in [2.24, 2.45) is 0 Å². The lowest BCUT2D eigenvalue weighted by atomic mass is 10.2. The van der Waals surface area contributed by atoms with Gasteiger partial charge >= 0.3 is 0 Å². The van der Waals surface area contributed by atoms with Crippen LogP contribution in [0.4, 0.5) is 4.39 Å². The molecule has 0 spiro atoms. The highest BCUT2D eigenvalue weighted by Gasteiger charge is 2.23. The number of halogens is 1. The second-order valence-electron chi connectivity index (χ2n) is 5.41.